The van der Waals surface area contributed by atoms with Crippen molar-refractivity contribution in [2.45, 2.75) is 57.5 Å². The molecule has 0 bridgehead atoms. The average molecular weight is 470 g/mol. The molecule has 2 aliphatic heterocycles. The first-order valence-electron chi connectivity index (χ1n) is 11.3. The van der Waals surface area contributed by atoms with E-state index >= 15 is 0 Å². The number of halogens is 1. The van der Waals surface area contributed by atoms with Crippen LogP contribution in [0.2, 0.25) is 4.34 Å². The van der Waals surface area contributed by atoms with Gasteiger partial charge in [0.2, 0.25) is 0 Å². The van der Waals surface area contributed by atoms with Gasteiger partial charge in [0.05, 0.1) is 19.4 Å². The van der Waals surface area contributed by atoms with Crippen LogP contribution in [0.4, 0.5) is 14.7 Å². The number of ether oxygens (including phenoxy) is 1. The molecule has 2 saturated heterocycles. The van der Waals surface area contributed by atoms with Crippen LogP contribution in [0.1, 0.15) is 45.4 Å². The molecule has 1 N–H and O–H groups in total. The Balaban J connectivity index is 1.40. The van der Waals surface area contributed by atoms with Gasteiger partial charge in [-0.15, -0.1) is 0 Å². The molecule has 4 amide bonds. The fourth-order valence-corrected chi connectivity index (χ4v) is 5.71. The number of morpholine rings is 1. The SMILES string of the molecule is C[C@H]1CC[C@H](N(C(=O)Nc2ncc(Cl)s2)C2CCN(C(=O)N3CCOCC3)CC2)CC1. The lowest BCUT2D eigenvalue weighted by Gasteiger charge is -2.44. The topological polar surface area (TPSA) is 78.0 Å². The van der Waals surface area contributed by atoms with Gasteiger partial charge < -0.3 is 19.4 Å². The van der Waals surface area contributed by atoms with Gasteiger partial charge in [0.15, 0.2) is 5.13 Å². The zero-order chi connectivity index (χ0) is 21.8. The first-order valence-corrected chi connectivity index (χ1v) is 12.5. The van der Waals surface area contributed by atoms with E-state index in [-0.39, 0.29) is 24.1 Å². The highest BCUT2D eigenvalue weighted by atomic mass is 35.5. The molecule has 10 heteroatoms. The fourth-order valence-electron chi connectivity index (χ4n) is 4.91. The molecule has 31 heavy (non-hydrogen) atoms. The summed E-state index contributed by atoms with van der Waals surface area (Å²) in [6.45, 7) is 6.17. The van der Waals surface area contributed by atoms with Gasteiger partial charge in [0.1, 0.15) is 4.34 Å². The number of carbonyl (C=O) groups excluding carboxylic acids is 2. The molecule has 1 aliphatic carbocycles. The summed E-state index contributed by atoms with van der Waals surface area (Å²) in [5.41, 5.74) is 0. The number of urea groups is 2. The second-order valence-corrected chi connectivity index (χ2v) is 10.5. The normalized spacial score (nSPS) is 25.4. The van der Waals surface area contributed by atoms with Crippen molar-refractivity contribution in [3.05, 3.63) is 10.5 Å². The number of anilines is 1. The Morgan fingerprint density at radius 1 is 1.06 bits per heavy atom. The molecule has 0 radical (unpaired) electrons. The molecule has 1 aromatic rings. The van der Waals surface area contributed by atoms with Gasteiger partial charge in [-0.2, -0.15) is 0 Å². The molecular weight excluding hydrogens is 438 g/mol. The molecule has 172 valence electrons. The van der Waals surface area contributed by atoms with Gasteiger partial charge in [-0.05, 0) is 44.4 Å². The number of rotatable bonds is 3. The monoisotopic (exact) mass is 469 g/mol. The van der Waals surface area contributed by atoms with Crippen LogP contribution in [-0.4, -0.2) is 83.2 Å². The van der Waals surface area contributed by atoms with Crippen LogP contribution in [0.3, 0.4) is 0 Å². The van der Waals surface area contributed by atoms with Crippen molar-refractivity contribution in [2.75, 3.05) is 44.7 Å². The highest BCUT2D eigenvalue weighted by molar-refractivity contribution is 7.19. The number of hydrogen-bond donors (Lipinski definition) is 1. The zero-order valence-electron chi connectivity index (χ0n) is 18.1. The molecule has 0 atom stereocenters. The van der Waals surface area contributed by atoms with Crippen LogP contribution in [-0.2, 0) is 4.74 Å². The number of carbonyl (C=O) groups is 2. The second kappa shape index (κ2) is 10.4. The Morgan fingerprint density at radius 2 is 1.68 bits per heavy atom. The number of hydrogen-bond acceptors (Lipinski definition) is 5. The van der Waals surface area contributed by atoms with Crippen molar-refractivity contribution in [2.24, 2.45) is 5.92 Å². The number of aromatic nitrogens is 1. The number of likely N-dealkylation sites (tertiary alicyclic amines) is 1. The molecule has 0 spiro atoms. The number of piperidine rings is 1. The van der Waals surface area contributed by atoms with Gasteiger partial charge in [0, 0.05) is 38.3 Å². The number of thiazole rings is 1. The maximum Gasteiger partial charge on any atom is 0.324 e. The molecule has 3 fully saturated rings. The van der Waals surface area contributed by atoms with E-state index in [1.807, 2.05) is 9.80 Å². The van der Waals surface area contributed by atoms with E-state index < -0.39 is 0 Å². The van der Waals surface area contributed by atoms with Gasteiger partial charge in [-0.25, -0.2) is 14.6 Å². The van der Waals surface area contributed by atoms with E-state index in [1.165, 1.54) is 11.3 Å². The lowest BCUT2D eigenvalue weighted by molar-refractivity contribution is 0.0362. The van der Waals surface area contributed by atoms with Crippen molar-refractivity contribution in [3.63, 3.8) is 0 Å². The summed E-state index contributed by atoms with van der Waals surface area (Å²) >= 11 is 7.26. The minimum Gasteiger partial charge on any atom is -0.378 e. The summed E-state index contributed by atoms with van der Waals surface area (Å²) < 4.78 is 5.92. The first-order chi connectivity index (χ1) is 15.0. The van der Waals surface area contributed by atoms with E-state index in [9.17, 15) is 9.59 Å². The van der Waals surface area contributed by atoms with Crippen molar-refractivity contribution < 1.29 is 14.3 Å². The third kappa shape index (κ3) is 5.62. The molecular formula is C21H32ClN5O3S. The molecule has 0 aromatic carbocycles. The van der Waals surface area contributed by atoms with Gasteiger partial charge in [0.25, 0.3) is 0 Å². The smallest absolute Gasteiger partial charge is 0.324 e. The van der Waals surface area contributed by atoms with E-state index in [0.717, 1.165) is 38.5 Å². The third-order valence-electron chi connectivity index (χ3n) is 6.71. The molecule has 4 rings (SSSR count). The predicted octanol–water partition coefficient (Wildman–Crippen LogP) is 4.13. The molecule has 0 unspecified atom stereocenters. The Kier molecular flexibility index (Phi) is 7.55. The van der Waals surface area contributed by atoms with E-state index in [2.05, 4.69) is 22.1 Å². The number of amides is 4. The lowest BCUT2D eigenvalue weighted by Crippen LogP contribution is -2.56. The highest BCUT2D eigenvalue weighted by Crippen LogP contribution is 2.32. The number of nitrogens with zero attached hydrogens (tertiary/aromatic N) is 4. The predicted molar refractivity (Wildman–Crippen MR) is 122 cm³/mol. The van der Waals surface area contributed by atoms with Crippen molar-refractivity contribution in [3.8, 4) is 0 Å². The molecule has 3 aliphatic rings. The summed E-state index contributed by atoms with van der Waals surface area (Å²) in [6.07, 6.45) is 7.50. The maximum absolute atomic E-state index is 13.3. The van der Waals surface area contributed by atoms with Gasteiger partial charge >= 0.3 is 12.1 Å². The third-order valence-corrected chi connectivity index (χ3v) is 7.74. The van der Waals surface area contributed by atoms with Crippen LogP contribution in [0.25, 0.3) is 0 Å². The summed E-state index contributed by atoms with van der Waals surface area (Å²) in [6, 6.07) is 0.367. The summed E-state index contributed by atoms with van der Waals surface area (Å²) in [5, 5.41) is 3.49. The van der Waals surface area contributed by atoms with Crippen LogP contribution >= 0.6 is 22.9 Å². The van der Waals surface area contributed by atoms with Crippen molar-refractivity contribution in [1.82, 2.24) is 19.7 Å². The largest absolute Gasteiger partial charge is 0.378 e. The average Bonchev–Trinajstić information content (AvgIpc) is 3.20. The minimum absolute atomic E-state index is 0.0940. The highest BCUT2D eigenvalue weighted by Gasteiger charge is 2.36. The first kappa shape index (κ1) is 22.6. The number of nitrogens with one attached hydrogen (secondary N) is 1. The zero-order valence-corrected chi connectivity index (χ0v) is 19.7. The van der Waals surface area contributed by atoms with Crippen molar-refractivity contribution >= 4 is 40.1 Å². The Morgan fingerprint density at radius 3 is 2.29 bits per heavy atom. The molecule has 1 aromatic heterocycles. The maximum atomic E-state index is 13.3. The molecule has 8 nitrogen and oxygen atoms in total. The standard InChI is InChI=1S/C21H32ClN5O3S/c1-15-2-4-16(5-3-15)27(20(28)24-19-23-14-18(22)31-19)17-6-8-25(9-7-17)21(29)26-10-12-30-13-11-26/h14-17H,2-13H2,1H3,(H,23,24,28)/t15-,16-. The summed E-state index contributed by atoms with van der Waals surface area (Å²) in [4.78, 5) is 36.2. The van der Waals surface area contributed by atoms with E-state index in [4.69, 9.17) is 16.3 Å². The van der Waals surface area contributed by atoms with Gasteiger partial charge in [-0.3, -0.25) is 5.32 Å². The minimum atomic E-state index is -0.0940. The molecule has 1 saturated carbocycles. The van der Waals surface area contributed by atoms with Crippen LogP contribution in [0.15, 0.2) is 6.20 Å². The quantitative estimate of drug-likeness (QED) is 0.722. The lowest BCUT2D eigenvalue weighted by atomic mass is 9.85. The van der Waals surface area contributed by atoms with Crippen LogP contribution < -0.4 is 5.32 Å². The summed E-state index contributed by atoms with van der Waals surface area (Å²) in [7, 11) is 0. The van der Waals surface area contributed by atoms with Crippen LogP contribution in [0.5, 0.6) is 0 Å². The van der Waals surface area contributed by atoms with Crippen LogP contribution in [0, 0.1) is 5.92 Å². The fraction of sp³-hybridized carbons (Fsp3) is 0.762. The Hall–Kier alpha value is -1.58. The van der Waals surface area contributed by atoms with E-state index in [0.29, 0.717) is 54.8 Å². The Labute approximate surface area is 192 Å². The van der Waals surface area contributed by atoms with Crippen molar-refractivity contribution in [1.29, 1.82) is 0 Å². The van der Waals surface area contributed by atoms with Gasteiger partial charge in [-0.1, -0.05) is 29.9 Å². The summed E-state index contributed by atoms with van der Waals surface area (Å²) in [5.74, 6) is 0.715. The molecule has 3 heterocycles. The van der Waals surface area contributed by atoms with E-state index in [1.54, 1.807) is 6.20 Å². The Bertz CT molecular complexity index is 756. The second-order valence-electron chi connectivity index (χ2n) is 8.82.